The average Bonchev–Trinajstić information content (AvgIpc) is 2.26. The van der Waals surface area contributed by atoms with Crippen LogP contribution in [0.4, 0.5) is 3.89 Å². The molecule has 8 heteroatoms. The molecule has 1 aliphatic heterocycles. The molecule has 15 heavy (non-hydrogen) atoms. The predicted molar refractivity (Wildman–Crippen MR) is 47.2 cm³/mol. The van der Waals surface area contributed by atoms with Gasteiger partial charge in [-0.1, -0.05) is 0 Å². The van der Waals surface area contributed by atoms with Crippen LogP contribution in [0.25, 0.3) is 0 Å². The van der Waals surface area contributed by atoms with Crippen molar-refractivity contribution in [2.75, 3.05) is 18.8 Å². The van der Waals surface area contributed by atoms with Crippen molar-refractivity contribution in [1.29, 1.82) is 0 Å². The van der Waals surface area contributed by atoms with Crippen molar-refractivity contribution in [2.45, 2.75) is 6.42 Å². The maximum Gasteiger partial charge on any atom is 0.323 e. The highest BCUT2D eigenvalue weighted by Gasteiger charge is 2.33. The normalized spacial score (nSPS) is 22.1. The number of aliphatic carboxylic acids is 1. The van der Waals surface area contributed by atoms with Crippen LogP contribution >= 0.6 is 0 Å². The minimum absolute atomic E-state index is 0.0196. The van der Waals surface area contributed by atoms with Crippen LogP contribution < -0.4 is 0 Å². The van der Waals surface area contributed by atoms with Crippen molar-refractivity contribution in [3.63, 3.8) is 0 Å². The third-order valence-electron chi connectivity index (χ3n) is 2.06. The van der Waals surface area contributed by atoms with Gasteiger partial charge in [-0.3, -0.25) is 9.59 Å². The second-order valence-electron chi connectivity index (χ2n) is 3.44. The maximum atomic E-state index is 12.3. The largest absolute Gasteiger partial charge is 0.480 e. The van der Waals surface area contributed by atoms with Gasteiger partial charge in [-0.2, -0.15) is 8.42 Å². The van der Waals surface area contributed by atoms with Crippen LogP contribution in [0.5, 0.6) is 0 Å². The van der Waals surface area contributed by atoms with Crippen LogP contribution in [0.3, 0.4) is 0 Å². The summed E-state index contributed by atoms with van der Waals surface area (Å²) in [6.07, 6.45) is -0.115. The topological polar surface area (TPSA) is 91.8 Å². The predicted octanol–water partition coefficient (Wildman–Crippen LogP) is -0.781. The Morgan fingerprint density at radius 3 is 2.67 bits per heavy atom. The fraction of sp³-hybridized carbons (Fsp3) is 0.714. The van der Waals surface area contributed by atoms with E-state index in [-0.39, 0.29) is 13.0 Å². The van der Waals surface area contributed by atoms with Crippen LogP contribution in [-0.4, -0.2) is 49.1 Å². The maximum absolute atomic E-state index is 12.3. The second-order valence-corrected chi connectivity index (χ2v) is 4.85. The van der Waals surface area contributed by atoms with Gasteiger partial charge >= 0.3 is 16.2 Å². The summed E-state index contributed by atoms with van der Waals surface area (Å²) in [5.41, 5.74) is 0. The molecular formula is C7H10FNO5S. The molecule has 1 fully saturated rings. The van der Waals surface area contributed by atoms with E-state index in [0.717, 1.165) is 4.90 Å². The Morgan fingerprint density at radius 2 is 2.20 bits per heavy atom. The smallest absolute Gasteiger partial charge is 0.323 e. The number of hydrogen-bond donors (Lipinski definition) is 1. The molecule has 0 bridgehead atoms. The number of nitrogens with zero attached hydrogens (tertiary/aromatic N) is 1. The minimum atomic E-state index is -4.61. The van der Waals surface area contributed by atoms with Gasteiger partial charge < -0.3 is 10.0 Å². The standard InChI is InChI=1S/C7H10FNO5S/c8-15(13,14)4-5-1-6(10)9(2-5)3-7(11)12/h5H,1-4H2,(H,11,12). The highest BCUT2D eigenvalue weighted by molar-refractivity contribution is 7.86. The Balaban J connectivity index is 2.56. The Morgan fingerprint density at radius 1 is 1.60 bits per heavy atom. The van der Waals surface area contributed by atoms with Crippen LogP contribution in [0.2, 0.25) is 0 Å². The summed E-state index contributed by atoms with van der Waals surface area (Å²) in [6.45, 7) is -0.490. The summed E-state index contributed by atoms with van der Waals surface area (Å²) in [4.78, 5) is 22.5. The Bertz CT molecular complexity index is 379. The van der Waals surface area contributed by atoms with E-state index in [9.17, 15) is 21.9 Å². The lowest BCUT2D eigenvalue weighted by Crippen LogP contribution is -2.31. The monoisotopic (exact) mass is 239 g/mol. The van der Waals surface area contributed by atoms with Crippen LogP contribution in [0, 0.1) is 5.92 Å². The highest BCUT2D eigenvalue weighted by atomic mass is 32.3. The van der Waals surface area contributed by atoms with Gasteiger partial charge in [0.15, 0.2) is 0 Å². The van der Waals surface area contributed by atoms with E-state index in [1.807, 2.05) is 0 Å². The average molecular weight is 239 g/mol. The molecule has 0 aromatic heterocycles. The van der Waals surface area contributed by atoms with Crippen molar-refractivity contribution in [3.05, 3.63) is 0 Å². The van der Waals surface area contributed by atoms with Crippen LogP contribution in [0.1, 0.15) is 6.42 Å². The SMILES string of the molecule is O=C(O)CN1CC(CS(=O)(=O)F)CC1=O. The molecule has 0 spiro atoms. The van der Waals surface area contributed by atoms with Crippen molar-refractivity contribution in [1.82, 2.24) is 4.90 Å². The zero-order valence-electron chi connectivity index (χ0n) is 7.72. The van der Waals surface area contributed by atoms with Gasteiger partial charge in [0.05, 0.1) is 5.75 Å². The summed E-state index contributed by atoms with van der Waals surface area (Å²) in [7, 11) is -4.61. The first-order valence-electron chi connectivity index (χ1n) is 4.20. The summed E-state index contributed by atoms with van der Waals surface area (Å²) >= 11 is 0. The Labute approximate surface area is 85.9 Å². The van der Waals surface area contributed by atoms with Gasteiger partial charge in [0.1, 0.15) is 6.54 Å². The minimum Gasteiger partial charge on any atom is -0.480 e. The van der Waals surface area contributed by atoms with Crippen LogP contribution in [0.15, 0.2) is 0 Å². The van der Waals surface area contributed by atoms with E-state index < -0.39 is 40.3 Å². The quantitative estimate of drug-likeness (QED) is 0.650. The number of hydrogen-bond acceptors (Lipinski definition) is 4. The molecule has 1 amide bonds. The number of carboxylic acid groups (broad SMARTS) is 1. The molecule has 1 heterocycles. The van der Waals surface area contributed by atoms with Crippen LogP contribution in [-0.2, 0) is 19.8 Å². The van der Waals surface area contributed by atoms with Gasteiger partial charge in [0, 0.05) is 18.9 Å². The van der Waals surface area contributed by atoms with E-state index in [4.69, 9.17) is 5.11 Å². The summed E-state index contributed by atoms with van der Waals surface area (Å²) in [6, 6.07) is 0. The van der Waals surface area contributed by atoms with Gasteiger partial charge in [0.25, 0.3) is 0 Å². The molecule has 0 aromatic rings. The van der Waals surface area contributed by atoms with E-state index in [1.165, 1.54) is 0 Å². The molecular weight excluding hydrogens is 229 g/mol. The first kappa shape index (κ1) is 11.9. The van der Waals surface area contributed by atoms with E-state index in [1.54, 1.807) is 0 Å². The number of carbonyl (C=O) groups excluding carboxylic acids is 1. The molecule has 0 radical (unpaired) electrons. The third-order valence-corrected chi connectivity index (χ3v) is 2.93. The van der Waals surface area contributed by atoms with Gasteiger partial charge in [-0.05, 0) is 0 Å². The fourth-order valence-corrected chi connectivity index (χ4v) is 2.35. The van der Waals surface area contributed by atoms with E-state index >= 15 is 0 Å². The first-order chi connectivity index (χ1) is 6.78. The Kier molecular flexibility index (Phi) is 3.28. The number of halogens is 1. The molecule has 0 saturated carbocycles. The molecule has 6 nitrogen and oxygen atoms in total. The van der Waals surface area contributed by atoms with Gasteiger partial charge in [0.2, 0.25) is 5.91 Å². The lowest BCUT2D eigenvalue weighted by Gasteiger charge is -2.12. The zero-order chi connectivity index (χ0) is 11.6. The molecule has 1 atom stereocenters. The molecule has 86 valence electrons. The third kappa shape index (κ3) is 3.82. The molecule has 1 unspecified atom stereocenters. The number of amides is 1. The molecule has 1 rings (SSSR count). The lowest BCUT2D eigenvalue weighted by atomic mass is 10.1. The van der Waals surface area contributed by atoms with Crippen molar-refractivity contribution in [3.8, 4) is 0 Å². The zero-order valence-corrected chi connectivity index (χ0v) is 8.54. The molecule has 1 saturated heterocycles. The van der Waals surface area contributed by atoms with Crippen molar-refractivity contribution >= 4 is 22.1 Å². The fourth-order valence-electron chi connectivity index (χ4n) is 1.56. The molecule has 1 N–H and O–H groups in total. The molecule has 0 aliphatic carbocycles. The van der Waals surface area contributed by atoms with Gasteiger partial charge in [-0.25, -0.2) is 0 Å². The van der Waals surface area contributed by atoms with Gasteiger partial charge in [-0.15, -0.1) is 3.89 Å². The second kappa shape index (κ2) is 4.13. The van der Waals surface area contributed by atoms with E-state index in [2.05, 4.69) is 0 Å². The molecule has 0 aromatic carbocycles. The summed E-state index contributed by atoms with van der Waals surface area (Å²) in [5.74, 6) is -3.00. The first-order valence-corrected chi connectivity index (χ1v) is 5.75. The van der Waals surface area contributed by atoms with E-state index in [0.29, 0.717) is 0 Å². The van der Waals surface area contributed by atoms with Crippen molar-refractivity contribution < 1.29 is 27.0 Å². The number of rotatable bonds is 4. The molecule has 1 aliphatic rings. The highest BCUT2D eigenvalue weighted by Crippen LogP contribution is 2.19. The summed E-state index contributed by atoms with van der Waals surface area (Å²) < 4.78 is 32.9. The summed E-state index contributed by atoms with van der Waals surface area (Å²) in [5, 5.41) is 8.42. The number of carboxylic acids is 1. The number of likely N-dealkylation sites (tertiary alicyclic amines) is 1. The van der Waals surface area contributed by atoms with Crippen molar-refractivity contribution in [2.24, 2.45) is 5.92 Å². The lowest BCUT2D eigenvalue weighted by molar-refractivity contribution is -0.142. The number of carbonyl (C=O) groups is 2. The Hall–Kier alpha value is -1.18.